The second-order valence-electron chi connectivity index (χ2n) is 3.22. The van der Waals surface area contributed by atoms with E-state index in [2.05, 4.69) is 11.9 Å². The van der Waals surface area contributed by atoms with E-state index in [9.17, 15) is 0 Å². The average molecular weight is 167 g/mol. The minimum atomic E-state index is 0.974. The zero-order valence-corrected chi connectivity index (χ0v) is 7.66. The average Bonchev–Trinajstić information content (AvgIpc) is 2.68. The Balaban J connectivity index is 2.07. The van der Waals surface area contributed by atoms with Gasteiger partial charge in [-0.1, -0.05) is 6.92 Å². The van der Waals surface area contributed by atoms with Crippen molar-refractivity contribution in [1.29, 1.82) is 0 Å². The third kappa shape index (κ3) is 1.62. The molecule has 1 aromatic heterocycles. The van der Waals surface area contributed by atoms with Crippen LogP contribution in [0.1, 0.15) is 30.3 Å². The molecule has 0 aromatic carbocycles. The molecule has 0 spiro atoms. The number of hydrogen-bond acceptors (Lipinski definition) is 2. The van der Waals surface area contributed by atoms with E-state index < -0.39 is 0 Å². The van der Waals surface area contributed by atoms with Gasteiger partial charge in [-0.15, -0.1) is 11.3 Å². The lowest BCUT2D eigenvalue weighted by atomic mass is 10.2. The van der Waals surface area contributed by atoms with Crippen LogP contribution in [0.25, 0.3) is 0 Å². The van der Waals surface area contributed by atoms with Crippen molar-refractivity contribution in [2.45, 2.75) is 32.6 Å². The zero-order chi connectivity index (χ0) is 7.68. The Morgan fingerprint density at radius 1 is 1.64 bits per heavy atom. The van der Waals surface area contributed by atoms with Gasteiger partial charge in [-0.25, -0.2) is 4.98 Å². The van der Waals surface area contributed by atoms with E-state index in [-0.39, 0.29) is 0 Å². The quantitative estimate of drug-likeness (QED) is 0.674. The molecule has 1 nitrogen and oxygen atoms in total. The lowest BCUT2D eigenvalue weighted by Gasteiger charge is -1.95. The largest absolute Gasteiger partial charge is 0.249 e. The van der Waals surface area contributed by atoms with Crippen LogP contribution >= 0.6 is 11.3 Å². The highest BCUT2D eigenvalue weighted by Gasteiger charge is 2.23. The van der Waals surface area contributed by atoms with Gasteiger partial charge in [-0.3, -0.25) is 0 Å². The standard InChI is InChI=1S/C9H13NS/c1-2-9-8(10-6-11-9)5-7-3-4-7/h6-7H,2-5H2,1H3. The zero-order valence-electron chi connectivity index (χ0n) is 6.84. The van der Waals surface area contributed by atoms with Crippen LogP contribution in [0.4, 0.5) is 0 Å². The normalized spacial score (nSPS) is 17.2. The van der Waals surface area contributed by atoms with E-state index in [4.69, 9.17) is 0 Å². The molecule has 1 aliphatic carbocycles. The summed E-state index contributed by atoms with van der Waals surface area (Å²) >= 11 is 1.81. The van der Waals surface area contributed by atoms with Gasteiger partial charge in [0.2, 0.25) is 0 Å². The molecule has 0 unspecified atom stereocenters. The first-order valence-electron chi connectivity index (χ1n) is 4.31. The highest BCUT2D eigenvalue weighted by atomic mass is 32.1. The van der Waals surface area contributed by atoms with Crippen molar-refractivity contribution >= 4 is 11.3 Å². The maximum absolute atomic E-state index is 4.39. The molecule has 60 valence electrons. The van der Waals surface area contributed by atoms with Crippen molar-refractivity contribution in [3.63, 3.8) is 0 Å². The molecule has 0 aliphatic heterocycles. The Morgan fingerprint density at radius 3 is 3.09 bits per heavy atom. The molecule has 1 aliphatic rings. The van der Waals surface area contributed by atoms with E-state index >= 15 is 0 Å². The molecule has 1 heterocycles. The first-order chi connectivity index (χ1) is 5.40. The van der Waals surface area contributed by atoms with Crippen molar-refractivity contribution in [2.24, 2.45) is 5.92 Å². The molecule has 1 aromatic rings. The van der Waals surface area contributed by atoms with E-state index in [0.717, 1.165) is 12.3 Å². The first-order valence-corrected chi connectivity index (χ1v) is 5.19. The lowest BCUT2D eigenvalue weighted by molar-refractivity contribution is 0.800. The predicted octanol–water partition coefficient (Wildman–Crippen LogP) is 2.66. The van der Waals surface area contributed by atoms with Gasteiger partial charge in [0.25, 0.3) is 0 Å². The number of aromatic nitrogens is 1. The summed E-state index contributed by atoms with van der Waals surface area (Å²) in [5.74, 6) is 0.974. The van der Waals surface area contributed by atoms with Crippen LogP contribution < -0.4 is 0 Å². The van der Waals surface area contributed by atoms with Crippen LogP contribution in [0.15, 0.2) is 5.51 Å². The maximum atomic E-state index is 4.39. The fourth-order valence-corrected chi connectivity index (χ4v) is 2.09. The molecule has 1 fully saturated rings. The molecule has 1 saturated carbocycles. The van der Waals surface area contributed by atoms with Gasteiger partial charge in [0.1, 0.15) is 0 Å². The molecule has 2 heteroatoms. The maximum Gasteiger partial charge on any atom is 0.0797 e. The Kier molecular flexibility index (Phi) is 1.95. The third-order valence-corrected chi connectivity index (χ3v) is 3.25. The topological polar surface area (TPSA) is 12.9 Å². The van der Waals surface area contributed by atoms with Crippen LogP contribution in [-0.4, -0.2) is 4.98 Å². The molecular weight excluding hydrogens is 154 g/mol. The summed E-state index contributed by atoms with van der Waals surface area (Å²) in [4.78, 5) is 5.88. The van der Waals surface area contributed by atoms with Crippen LogP contribution in [0, 0.1) is 5.92 Å². The predicted molar refractivity (Wildman–Crippen MR) is 47.9 cm³/mol. The minimum absolute atomic E-state index is 0.974. The molecule has 11 heavy (non-hydrogen) atoms. The highest BCUT2D eigenvalue weighted by Crippen LogP contribution is 2.33. The lowest BCUT2D eigenvalue weighted by Crippen LogP contribution is -1.90. The van der Waals surface area contributed by atoms with E-state index in [1.807, 2.05) is 16.8 Å². The van der Waals surface area contributed by atoms with Gasteiger partial charge >= 0.3 is 0 Å². The molecule has 0 saturated heterocycles. The Hall–Kier alpha value is -0.370. The van der Waals surface area contributed by atoms with Crippen molar-refractivity contribution in [3.8, 4) is 0 Å². The van der Waals surface area contributed by atoms with Crippen LogP contribution in [0.5, 0.6) is 0 Å². The van der Waals surface area contributed by atoms with Crippen molar-refractivity contribution in [3.05, 3.63) is 16.1 Å². The molecule has 0 bridgehead atoms. The highest BCUT2D eigenvalue weighted by molar-refractivity contribution is 7.09. The van der Waals surface area contributed by atoms with Gasteiger partial charge < -0.3 is 0 Å². The molecule has 0 atom stereocenters. The van der Waals surface area contributed by atoms with Crippen LogP contribution in [0.2, 0.25) is 0 Å². The molecular formula is C9H13NS. The smallest absolute Gasteiger partial charge is 0.0797 e. The number of rotatable bonds is 3. The summed E-state index contributed by atoms with van der Waals surface area (Å²) in [6.45, 7) is 2.21. The van der Waals surface area contributed by atoms with Gasteiger partial charge in [0.05, 0.1) is 11.2 Å². The van der Waals surface area contributed by atoms with Gasteiger partial charge in [0, 0.05) is 4.88 Å². The molecule has 0 radical (unpaired) electrons. The Morgan fingerprint density at radius 2 is 2.45 bits per heavy atom. The Labute approximate surface area is 71.5 Å². The summed E-state index contributed by atoms with van der Waals surface area (Å²) in [6.07, 6.45) is 5.26. The Bertz CT molecular complexity index is 237. The van der Waals surface area contributed by atoms with Crippen molar-refractivity contribution < 1.29 is 0 Å². The van der Waals surface area contributed by atoms with Crippen molar-refractivity contribution in [1.82, 2.24) is 4.98 Å². The monoisotopic (exact) mass is 167 g/mol. The van der Waals surface area contributed by atoms with E-state index in [1.165, 1.54) is 29.8 Å². The summed E-state index contributed by atoms with van der Waals surface area (Å²) < 4.78 is 0. The van der Waals surface area contributed by atoms with Gasteiger partial charge in [-0.05, 0) is 31.6 Å². The van der Waals surface area contributed by atoms with Gasteiger partial charge in [-0.2, -0.15) is 0 Å². The second kappa shape index (κ2) is 2.94. The molecule has 0 amide bonds. The number of nitrogens with zero attached hydrogens (tertiary/aromatic N) is 1. The van der Waals surface area contributed by atoms with E-state index in [1.54, 1.807) is 0 Å². The SMILES string of the molecule is CCc1scnc1CC1CC1. The second-order valence-corrected chi connectivity index (χ2v) is 4.16. The van der Waals surface area contributed by atoms with Crippen molar-refractivity contribution in [2.75, 3.05) is 0 Å². The fraction of sp³-hybridized carbons (Fsp3) is 0.667. The number of thiazole rings is 1. The first kappa shape index (κ1) is 7.29. The van der Waals surface area contributed by atoms with E-state index in [0.29, 0.717) is 0 Å². The van der Waals surface area contributed by atoms with Crippen LogP contribution in [0.3, 0.4) is 0 Å². The number of hydrogen-bond donors (Lipinski definition) is 0. The minimum Gasteiger partial charge on any atom is -0.249 e. The molecule has 0 N–H and O–H groups in total. The number of aryl methyl sites for hydroxylation is 1. The summed E-state index contributed by atoms with van der Waals surface area (Å²) in [5, 5.41) is 0. The summed E-state index contributed by atoms with van der Waals surface area (Å²) in [7, 11) is 0. The fourth-order valence-electron chi connectivity index (χ4n) is 1.34. The van der Waals surface area contributed by atoms with Crippen LogP contribution in [-0.2, 0) is 12.8 Å². The molecule has 2 rings (SSSR count). The summed E-state index contributed by atoms with van der Waals surface area (Å²) in [6, 6.07) is 0. The summed E-state index contributed by atoms with van der Waals surface area (Å²) in [5.41, 5.74) is 3.36. The van der Waals surface area contributed by atoms with Gasteiger partial charge in [0.15, 0.2) is 0 Å². The third-order valence-electron chi connectivity index (χ3n) is 2.23.